The van der Waals surface area contributed by atoms with Crippen molar-refractivity contribution in [2.75, 3.05) is 6.61 Å². The summed E-state index contributed by atoms with van der Waals surface area (Å²) in [5.74, 6) is 0.329. The molecule has 0 fully saturated rings. The molecular weight excluding hydrogens is 510 g/mol. The van der Waals surface area contributed by atoms with E-state index >= 15 is 0 Å². The third-order valence-electron chi connectivity index (χ3n) is 5.16. The summed E-state index contributed by atoms with van der Waals surface area (Å²) in [6, 6.07) is 9.87. The quantitative estimate of drug-likeness (QED) is 0.245. The number of nitro groups is 1. The lowest BCUT2D eigenvalue weighted by atomic mass is 10.1. The highest BCUT2D eigenvalue weighted by Gasteiger charge is 2.21. The molecule has 0 atom stereocenters. The van der Waals surface area contributed by atoms with Crippen LogP contribution in [0.2, 0.25) is 5.02 Å². The van der Waals surface area contributed by atoms with Gasteiger partial charge in [0, 0.05) is 25.0 Å². The number of benzene rings is 2. The van der Waals surface area contributed by atoms with E-state index in [0.717, 1.165) is 11.6 Å². The Hall–Kier alpha value is -3.87. The van der Waals surface area contributed by atoms with E-state index < -0.39 is 26.2 Å². The number of sulfonamides is 1. The minimum atomic E-state index is -3.94. The van der Waals surface area contributed by atoms with Gasteiger partial charge in [-0.05, 0) is 48.4 Å². The number of ether oxygens (including phenoxy) is 1. The Morgan fingerprint density at radius 3 is 2.61 bits per heavy atom. The maximum atomic E-state index is 13.0. The molecule has 0 saturated carbocycles. The highest BCUT2D eigenvalue weighted by atomic mass is 35.5. The molecule has 11 nitrogen and oxygen atoms in total. The van der Waals surface area contributed by atoms with Gasteiger partial charge in [0.2, 0.25) is 10.0 Å². The minimum absolute atomic E-state index is 0.0229. The van der Waals surface area contributed by atoms with Crippen LogP contribution in [0, 0.1) is 10.1 Å². The second-order valence-corrected chi connectivity index (χ2v) is 9.85. The van der Waals surface area contributed by atoms with Crippen LogP contribution in [0.15, 0.2) is 64.5 Å². The first-order valence-electron chi connectivity index (χ1n) is 10.7. The molecule has 4 aromatic rings. The number of nitrogens with zero attached hydrogens (tertiary/aromatic N) is 3. The summed E-state index contributed by atoms with van der Waals surface area (Å²) in [4.78, 5) is 34.1. The average Bonchev–Trinajstić information content (AvgIpc) is 2.86. The molecule has 2 aromatic carbocycles. The average molecular weight is 530 g/mol. The van der Waals surface area contributed by atoms with Crippen LogP contribution in [-0.4, -0.2) is 34.9 Å². The number of nitrogens with one attached hydrogen (secondary N) is 2. The zero-order valence-electron chi connectivity index (χ0n) is 18.9. The molecule has 2 aromatic heterocycles. The zero-order valence-corrected chi connectivity index (χ0v) is 20.5. The van der Waals surface area contributed by atoms with Crippen molar-refractivity contribution >= 4 is 38.2 Å². The van der Waals surface area contributed by atoms with Gasteiger partial charge in [0.25, 0.3) is 11.2 Å². The van der Waals surface area contributed by atoms with Gasteiger partial charge in [-0.25, -0.2) is 18.1 Å². The van der Waals surface area contributed by atoms with Crippen LogP contribution in [0.25, 0.3) is 22.3 Å². The van der Waals surface area contributed by atoms with Gasteiger partial charge in [-0.1, -0.05) is 18.5 Å². The van der Waals surface area contributed by atoms with Gasteiger partial charge in [-0.15, -0.1) is 0 Å². The van der Waals surface area contributed by atoms with Crippen molar-refractivity contribution in [3.63, 3.8) is 0 Å². The molecule has 0 aliphatic carbocycles. The van der Waals surface area contributed by atoms with Crippen molar-refractivity contribution in [3.8, 4) is 17.1 Å². The molecule has 0 radical (unpaired) electrons. The van der Waals surface area contributed by atoms with Gasteiger partial charge in [0.05, 0.1) is 32.9 Å². The Kier molecular flexibility index (Phi) is 7.29. The van der Waals surface area contributed by atoms with Crippen LogP contribution >= 0.6 is 11.6 Å². The largest absolute Gasteiger partial charge is 0.493 e. The molecule has 0 aliphatic heterocycles. The zero-order chi connectivity index (χ0) is 25.9. The number of pyridine rings is 1. The van der Waals surface area contributed by atoms with Gasteiger partial charge in [0.15, 0.2) is 0 Å². The van der Waals surface area contributed by atoms with Crippen molar-refractivity contribution in [2.24, 2.45) is 0 Å². The molecule has 36 heavy (non-hydrogen) atoms. The lowest BCUT2D eigenvalue weighted by Crippen LogP contribution is -2.23. The Morgan fingerprint density at radius 1 is 1.17 bits per heavy atom. The third-order valence-corrected chi connectivity index (χ3v) is 6.87. The van der Waals surface area contributed by atoms with E-state index in [1.54, 1.807) is 24.5 Å². The SMILES string of the molecule is CCCOc1ccc(S(=O)(=O)NCc2ccncc2)cc1-c1nc2cc(Cl)c([N+](=O)[O-])cc2c(=O)[nH]1. The van der Waals surface area contributed by atoms with Crippen LogP contribution in [0.3, 0.4) is 0 Å². The first-order valence-corrected chi connectivity index (χ1v) is 12.6. The lowest BCUT2D eigenvalue weighted by molar-refractivity contribution is -0.384. The van der Waals surface area contributed by atoms with Gasteiger partial charge >= 0.3 is 0 Å². The Bertz CT molecular complexity index is 1610. The maximum Gasteiger partial charge on any atom is 0.288 e. The van der Waals surface area contributed by atoms with Crippen molar-refractivity contribution < 1.29 is 18.1 Å². The summed E-state index contributed by atoms with van der Waals surface area (Å²) < 4.78 is 34.3. The van der Waals surface area contributed by atoms with E-state index in [1.807, 2.05) is 6.92 Å². The van der Waals surface area contributed by atoms with Crippen molar-refractivity contribution in [1.29, 1.82) is 0 Å². The van der Waals surface area contributed by atoms with E-state index in [4.69, 9.17) is 16.3 Å². The minimum Gasteiger partial charge on any atom is -0.493 e. The molecule has 0 amide bonds. The smallest absolute Gasteiger partial charge is 0.288 e. The Balaban J connectivity index is 1.80. The second kappa shape index (κ2) is 10.4. The topological polar surface area (TPSA) is 157 Å². The van der Waals surface area contributed by atoms with Gasteiger partial charge < -0.3 is 9.72 Å². The first kappa shape index (κ1) is 25.2. The highest BCUT2D eigenvalue weighted by molar-refractivity contribution is 7.89. The number of hydrogen-bond donors (Lipinski definition) is 2. The van der Waals surface area contributed by atoms with Gasteiger partial charge in [0.1, 0.15) is 16.6 Å². The van der Waals surface area contributed by atoms with Crippen molar-refractivity contribution in [3.05, 3.63) is 85.9 Å². The number of nitro benzene ring substituents is 1. The lowest BCUT2D eigenvalue weighted by Gasteiger charge is -2.14. The number of rotatable bonds is 9. The van der Waals surface area contributed by atoms with Gasteiger partial charge in [-0.2, -0.15) is 0 Å². The number of aromatic amines is 1. The summed E-state index contributed by atoms with van der Waals surface area (Å²) in [5.41, 5.74) is -0.0217. The van der Waals surface area contributed by atoms with Crippen LogP contribution in [0.5, 0.6) is 5.75 Å². The number of hydrogen-bond acceptors (Lipinski definition) is 8. The molecule has 13 heteroatoms. The maximum absolute atomic E-state index is 13.0. The van der Waals surface area contributed by atoms with E-state index in [9.17, 15) is 23.3 Å². The second-order valence-electron chi connectivity index (χ2n) is 7.68. The normalized spacial score (nSPS) is 11.5. The third kappa shape index (κ3) is 5.35. The van der Waals surface area contributed by atoms with Gasteiger partial charge in [-0.3, -0.25) is 19.9 Å². The molecule has 4 rings (SSSR count). The molecule has 0 spiro atoms. The molecule has 0 saturated heterocycles. The first-order chi connectivity index (χ1) is 17.2. The number of H-pyrrole nitrogens is 1. The van der Waals surface area contributed by atoms with Crippen LogP contribution in [-0.2, 0) is 16.6 Å². The summed E-state index contributed by atoms with van der Waals surface area (Å²) in [7, 11) is -3.94. The van der Waals surface area contributed by atoms with Crippen LogP contribution in [0.1, 0.15) is 18.9 Å². The molecule has 2 N–H and O–H groups in total. The Morgan fingerprint density at radius 2 is 1.92 bits per heavy atom. The molecule has 0 bridgehead atoms. The fourth-order valence-electron chi connectivity index (χ4n) is 3.38. The predicted octanol–water partition coefficient (Wildman–Crippen LogP) is 3.81. The molecule has 0 aliphatic rings. The summed E-state index contributed by atoms with van der Waals surface area (Å²) in [6.07, 6.45) is 3.81. The van der Waals surface area contributed by atoms with Crippen LogP contribution in [0.4, 0.5) is 5.69 Å². The highest BCUT2D eigenvalue weighted by Crippen LogP contribution is 2.32. The van der Waals surface area contributed by atoms with E-state index in [2.05, 4.69) is 19.7 Å². The monoisotopic (exact) mass is 529 g/mol. The van der Waals surface area contributed by atoms with Crippen molar-refractivity contribution in [2.45, 2.75) is 24.8 Å². The molecule has 0 unspecified atom stereocenters. The molecule has 186 valence electrons. The van der Waals surface area contributed by atoms with E-state index in [0.29, 0.717) is 18.8 Å². The fraction of sp³-hybridized carbons (Fsp3) is 0.174. The number of aromatic nitrogens is 3. The fourth-order valence-corrected chi connectivity index (χ4v) is 4.65. The van der Waals surface area contributed by atoms with Crippen molar-refractivity contribution in [1.82, 2.24) is 19.7 Å². The molecular formula is C23H20ClN5O6S. The predicted molar refractivity (Wildman–Crippen MR) is 134 cm³/mol. The van der Waals surface area contributed by atoms with E-state index in [-0.39, 0.29) is 38.8 Å². The number of halogens is 1. The Labute approximate surface area is 210 Å². The number of fused-ring (bicyclic) bond motifs is 1. The summed E-state index contributed by atoms with van der Waals surface area (Å²) >= 11 is 6.01. The summed E-state index contributed by atoms with van der Waals surface area (Å²) in [6.45, 7) is 2.30. The standard InChI is InChI=1S/C23H20ClN5O6S/c1-2-9-35-21-4-3-15(36(33,34)26-13-14-5-7-25-8-6-14)10-17(21)22-27-19-12-18(24)20(29(31)32)11-16(19)23(30)28-22/h3-8,10-12,26H,2,9,13H2,1H3,(H,27,28,30). The van der Waals surface area contributed by atoms with Crippen LogP contribution < -0.4 is 15.0 Å². The van der Waals surface area contributed by atoms with E-state index in [1.165, 1.54) is 24.3 Å². The summed E-state index contributed by atoms with van der Waals surface area (Å²) in [5, 5.41) is 11.0. The molecule has 2 heterocycles.